The van der Waals surface area contributed by atoms with E-state index in [1.165, 1.54) is 0 Å². The van der Waals surface area contributed by atoms with Crippen LogP contribution in [0.5, 0.6) is 0 Å². The van der Waals surface area contributed by atoms with Gasteiger partial charge in [0.05, 0.1) is 0 Å². The van der Waals surface area contributed by atoms with Crippen LogP contribution in [0.3, 0.4) is 0 Å². The number of piperazine rings is 1. The Morgan fingerprint density at radius 1 is 1.03 bits per heavy atom. The topological polar surface area (TPSA) is 69.6 Å². The summed E-state index contributed by atoms with van der Waals surface area (Å²) >= 11 is 0. The summed E-state index contributed by atoms with van der Waals surface area (Å²) in [7, 11) is 0. The Balaban J connectivity index is 1.46. The first-order chi connectivity index (χ1) is 14.0. The van der Waals surface area contributed by atoms with Crippen LogP contribution < -0.4 is 4.90 Å². The summed E-state index contributed by atoms with van der Waals surface area (Å²) in [5, 5.41) is 0. The minimum atomic E-state index is -0.0127. The molecule has 2 aromatic rings. The lowest BCUT2D eigenvalue weighted by Crippen LogP contribution is -2.48. The number of aromatic nitrogens is 2. The number of rotatable bonds is 3. The molecule has 2 saturated heterocycles. The van der Waals surface area contributed by atoms with Crippen molar-refractivity contribution in [1.82, 2.24) is 19.8 Å². The minimum absolute atomic E-state index is 0.0127. The van der Waals surface area contributed by atoms with E-state index in [-0.39, 0.29) is 17.7 Å². The van der Waals surface area contributed by atoms with Crippen LogP contribution in [-0.4, -0.2) is 70.9 Å². The molecule has 2 fully saturated rings. The summed E-state index contributed by atoms with van der Waals surface area (Å²) in [5.41, 5.74) is 3.69. The number of hydrogen-bond acceptors (Lipinski definition) is 5. The zero-order chi connectivity index (χ0) is 20.4. The van der Waals surface area contributed by atoms with E-state index in [0.29, 0.717) is 12.2 Å². The van der Waals surface area contributed by atoms with E-state index in [4.69, 9.17) is 4.98 Å². The average molecular weight is 393 g/mol. The van der Waals surface area contributed by atoms with Crippen LogP contribution >= 0.6 is 0 Å². The number of carbonyl (C=O) groups is 2. The molecular weight excluding hydrogens is 366 g/mol. The molecule has 2 amide bonds. The molecule has 7 heteroatoms. The van der Waals surface area contributed by atoms with Crippen LogP contribution in [0.15, 0.2) is 36.5 Å². The molecule has 2 aromatic heterocycles. The van der Waals surface area contributed by atoms with Crippen LogP contribution in [0, 0.1) is 6.92 Å². The molecule has 29 heavy (non-hydrogen) atoms. The standard InChI is InChI=1S/C22H27N5O2/c1-16-13-19(26-11-9-25(10-12-26)17(2)28)14-21(24-16)18-6-8-27(15-18)22(29)20-5-3-4-7-23-20/h3-5,7,13-14,18H,6,8-12,15H2,1-2H3/t18-/m0/s1. The van der Waals surface area contributed by atoms with Crippen molar-refractivity contribution in [1.29, 1.82) is 0 Å². The Morgan fingerprint density at radius 3 is 2.52 bits per heavy atom. The van der Waals surface area contributed by atoms with Crippen molar-refractivity contribution in [2.24, 2.45) is 0 Å². The number of likely N-dealkylation sites (tertiary alicyclic amines) is 1. The molecule has 0 saturated carbocycles. The smallest absolute Gasteiger partial charge is 0.272 e. The van der Waals surface area contributed by atoms with Gasteiger partial charge >= 0.3 is 0 Å². The minimum Gasteiger partial charge on any atom is -0.368 e. The predicted octanol–water partition coefficient (Wildman–Crippen LogP) is 2.08. The van der Waals surface area contributed by atoms with Crippen molar-refractivity contribution < 1.29 is 9.59 Å². The third-order valence-corrected chi connectivity index (χ3v) is 5.83. The molecule has 0 radical (unpaired) electrons. The van der Waals surface area contributed by atoms with Gasteiger partial charge in [0, 0.05) is 75.4 Å². The highest BCUT2D eigenvalue weighted by atomic mass is 16.2. The van der Waals surface area contributed by atoms with Crippen LogP contribution in [0.2, 0.25) is 0 Å². The summed E-state index contributed by atoms with van der Waals surface area (Å²) < 4.78 is 0. The third-order valence-electron chi connectivity index (χ3n) is 5.83. The highest BCUT2D eigenvalue weighted by Crippen LogP contribution is 2.30. The molecule has 2 aliphatic rings. The fourth-order valence-corrected chi connectivity index (χ4v) is 4.18. The van der Waals surface area contributed by atoms with E-state index >= 15 is 0 Å². The van der Waals surface area contributed by atoms with Crippen molar-refractivity contribution in [2.45, 2.75) is 26.2 Å². The number of aryl methyl sites for hydroxylation is 1. The molecule has 0 bridgehead atoms. The van der Waals surface area contributed by atoms with Gasteiger partial charge in [-0.05, 0) is 37.6 Å². The van der Waals surface area contributed by atoms with E-state index < -0.39 is 0 Å². The second kappa shape index (κ2) is 8.19. The normalized spacial score (nSPS) is 19.5. The molecular formula is C22H27N5O2. The zero-order valence-corrected chi connectivity index (χ0v) is 17.0. The van der Waals surface area contributed by atoms with Crippen molar-refractivity contribution in [3.05, 3.63) is 53.6 Å². The number of nitrogens with zero attached hydrogens (tertiary/aromatic N) is 5. The quantitative estimate of drug-likeness (QED) is 0.799. The molecule has 4 rings (SSSR count). The van der Waals surface area contributed by atoms with Crippen molar-refractivity contribution in [3.63, 3.8) is 0 Å². The number of hydrogen-bond donors (Lipinski definition) is 0. The van der Waals surface area contributed by atoms with E-state index in [2.05, 4.69) is 22.0 Å². The van der Waals surface area contributed by atoms with Gasteiger partial charge in [0.1, 0.15) is 5.69 Å². The molecule has 152 valence electrons. The summed E-state index contributed by atoms with van der Waals surface area (Å²) in [5.74, 6) is 0.362. The molecule has 0 spiro atoms. The van der Waals surface area contributed by atoms with Crippen molar-refractivity contribution in [3.8, 4) is 0 Å². The van der Waals surface area contributed by atoms with Crippen molar-refractivity contribution >= 4 is 17.5 Å². The Bertz CT molecular complexity index is 893. The molecule has 1 atom stereocenters. The Morgan fingerprint density at radius 2 is 1.83 bits per heavy atom. The van der Waals surface area contributed by atoms with Gasteiger partial charge in [-0.15, -0.1) is 0 Å². The Labute approximate surface area is 171 Å². The second-order valence-electron chi connectivity index (χ2n) is 7.84. The summed E-state index contributed by atoms with van der Waals surface area (Å²) in [6.07, 6.45) is 2.56. The van der Waals surface area contributed by atoms with E-state index in [1.807, 2.05) is 28.9 Å². The first kappa shape index (κ1) is 19.4. The van der Waals surface area contributed by atoms with Gasteiger partial charge in [0.15, 0.2) is 0 Å². The van der Waals surface area contributed by atoms with Gasteiger partial charge in [-0.2, -0.15) is 0 Å². The molecule has 7 nitrogen and oxygen atoms in total. The van der Waals surface area contributed by atoms with Crippen LogP contribution in [-0.2, 0) is 4.79 Å². The maximum Gasteiger partial charge on any atom is 0.272 e. The van der Waals surface area contributed by atoms with Gasteiger partial charge in [-0.25, -0.2) is 0 Å². The monoisotopic (exact) mass is 393 g/mol. The van der Waals surface area contributed by atoms with Crippen LogP contribution in [0.4, 0.5) is 5.69 Å². The second-order valence-corrected chi connectivity index (χ2v) is 7.84. The predicted molar refractivity (Wildman–Crippen MR) is 111 cm³/mol. The first-order valence-electron chi connectivity index (χ1n) is 10.2. The van der Waals surface area contributed by atoms with Gasteiger partial charge < -0.3 is 14.7 Å². The summed E-state index contributed by atoms with van der Waals surface area (Å²) in [6.45, 7) is 8.21. The highest BCUT2D eigenvalue weighted by Gasteiger charge is 2.30. The SMILES string of the molecule is CC(=O)N1CCN(c2cc(C)nc([C@H]3CCN(C(=O)c4ccccn4)C3)c2)CC1. The number of anilines is 1. The van der Waals surface area contributed by atoms with Gasteiger partial charge in [-0.1, -0.05) is 6.07 Å². The molecule has 0 aromatic carbocycles. The maximum atomic E-state index is 12.7. The Hall–Kier alpha value is -2.96. The fourth-order valence-electron chi connectivity index (χ4n) is 4.18. The largest absolute Gasteiger partial charge is 0.368 e. The molecule has 4 heterocycles. The van der Waals surface area contributed by atoms with E-state index in [9.17, 15) is 9.59 Å². The number of pyridine rings is 2. The van der Waals surface area contributed by atoms with Gasteiger partial charge in [0.2, 0.25) is 5.91 Å². The fraction of sp³-hybridized carbons (Fsp3) is 0.455. The molecule has 0 unspecified atom stereocenters. The van der Waals surface area contributed by atoms with E-state index in [1.54, 1.807) is 19.2 Å². The van der Waals surface area contributed by atoms with Gasteiger partial charge in [-0.3, -0.25) is 19.6 Å². The lowest BCUT2D eigenvalue weighted by Gasteiger charge is -2.36. The third kappa shape index (κ3) is 4.23. The first-order valence-corrected chi connectivity index (χ1v) is 10.2. The lowest BCUT2D eigenvalue weighted by molar-refractivity contribution is -0.129. The van der Waals surface area contributed by atoms with Crippen LogP contribution in [0.1, 0.15) is 41.1 Å². The average Bonchev–Trinajstić information content (AvgIpc) is 3.24. The van der Waals surface area contributed by atoms with Gasteiger partial charge in [0.25, 0.3) is 5.91 Å². The Kier molecular flexibility index (Phi) is 5.47. The highest BCUT2D eigenvalue weighted by molar-refractivity contribution is 5.92. The summed E-state index contributed by atoms with van der Waals surface area (Å²) in [4.78, 5) is 39.3. The summed E-state index contributed by atoms with van der Waals surface area (Å²) in [6, 6.07) is 9.69. The zero-order valence-electron chi connectivity index (χ0n) is 17.0. The molecule has 2 aliphatic heterocycles. The van der Waals surface area contributed by atoms with E-state index in [0.717, 1.165) is 56.2 Å². The maximum absolute atomic E-state index is 12.7. The van der Waals surface area contributed by atoms with Crippen molar-refractivity contribution in [2.75, 3.05) is 44.2 Å². The molecule has 0 N–H and O–H groups in total. The number of carbonyl (C=O) groups excluding carboxylic acids is 2. The molecule has 0 aliphatic carbocycles. The van der Waals surface area contributed by atoms with Crippen LogP contribution in [0.25, 0.3) is 0 Å². The number of amides is 2. The lowest BCUT2D eigenvalue weighted by atomic mass is 10.0.